The highest BCUT2D eigenvalue weighted by atomic mass is 16.5. The third kappa shape index (κ3) is 6.18. The number of aliphatic hydroxyl groups is 1. The molecule has 0 spiro atoms. The van der Waals surface area contributed by atoms with Crippen molar-refractivity contribution >= 4 is 0 Å². The fourth-order valence-electron chi connectivity index (χ4n) is 3.20. The summed E-state index contributed by atoms with van der Waals surface area (Å²) in [5, 5.41) is 12.2. The number of aliphatic hydroxyl groups excluding tert-OH is 1. The van der Waals surface area contributed by atoms with Crippen LogP contribution in [0.3, 0.4) is 0 Å². The van der Waals surface area contributed by atoms with E-state index in [2.05, 4.69) is 20.0 Å². The fourth-order valence-corrected chi connectivity index (χ4v) is 3.20. The number of piperazine rings is 1. The molecule has 0 radical (unpaired) electrons. The van der Waals surface area contributed by atoms with Crippen LogP contribution in [0.5, 0.6) is 0 Å². The number of morpholine rings is 1. The molecule has 0 amide bonds. The summed E-state index contributed by atoms with van der Waals surface area (Å²) in [4.78, 5) is 7.38. The van der Waals surface area contributed by atoms with E-state index in [1.165, 1.54) is 13.0 Å². The van der Waals surface area contributed by atoms with Gasteiger partial charge in [-0.15, -0.1) is 0 Å². The zero-order valence-electron chi connectivity index (χ0n) is 13.5. The maximum atomic E-state index is 8.98. The molecule has 0 aliphatic carbocycles. The van der Waals surface area contributed by atoms with Crippen LogP contribution in [0.2, 0.25) is 0 Å². The minimum absolute atomic E-state index is 0.271. The van der Waals surface area contributed by atoms with Crippen LogP contribution in [-0.4, -0.2) is 112 Å². The topological polar surface area (TPSA) is 51.2 Å². The zero-order valence-corrected chi connectivity index (χ0v) is 13.5. The van der Waals surface area contributed by atoms with Gasteiger partial charge in [0.15, 0.2) is 0 Å². The second-order valence-corrected chi connectivity index (χ2v) is 6.12. The van der Waals surface area contributed by atoms with Crippen LogP contribution in [-0.2, 0) is 4.74 Å². The molecule has 2 rings (SSSR count). The van der Waals surface area contributed by atoms with Crippen molar-refractivity contribution in [2.75, 3.05) is 85.7 Å². The van der Waals surface area contributed by atoms with Crippen molar-refractivity contribution in [1.82, 2.24) is 20.0 Å². The number of hydrogen-bond donors (Lipinski definition) is 2. The standard InChI is InChI=1S/C15H32N4O2/c1-16-3-2-4-18-10-12-21-15(13-18)14-19-7-5-17(6-8-19)9-11-20/h15-16,20H,2-14H2,1H3. The lowest BCUT2D eigenvalue weighted by molar-refractivity contribution is -0.0486. The molecule has 0 aromatic carbocycles. The van der Waals surface area contributed by atoms with Gasteiger partial charge in [0, 0.05) is 52.4 Å². The predicted molar refractivity (Wildman–Crippen MR) is 84.7 cm³/mol. The maximum Gasteiger partial charge on any atom is 0.0829 e. The average Bonchev–Trinajstić information content (AvgIpc) is 2.50. The minimum Gasteiger partial charge on any atom is -0.395 e. The Morgan fingerprint density at radius 3 is 2.52 bits per heavy atom. The summed E-state index contributed by atoms with van der Waals surface area (Å²) >= 11 is 0. The normalized spacial score (nSPS) is 26.3. The van der Waals surface area contributed by atoms with Crippen LogP contribution in [0, 0.1) is 0 Å². The molecule has 2 N–H and O–H groups in total. The van der Waals surface area contributed by atoms with E-state index in [9.17, 15) is 0 Å². The average molecular weight is 300 g/mol. The molecule has 0 aromatic rings. The summed E-state index contributed by atoms with van der Waals surface area (Å²) in [5.74, 6) is 0. The van der Waals surface area contributed by atoms with Crippen molar-refractivity contribution in [1.29, 1.82) is 0 Å². The van der Waals surface area contributed by atoms with E-state index in [1.54, 1.807) is 0 Å². The Hall–Kier alpha value is -0.240. The monoisotopic (exact) mass is 300 g/mol. The van der Waals surface area contributed by atoms with Crippen molar-refractivity contribution in [3.8, 4) is 0 Å². The molecule has 124 valence electrons. The van der Waals surface area contributed by atoms with Crippen molar-refractivity contribution in [2.24, 2.45) is 0 Å². The van der Waals surface area contributed by atoms with Crippen LogP contribution in [0.15, 0.2) is 0 Å². The molecule has 2 aliphatic heterocycles. The number of β-amino-alcohol motifs (C(OH)–C–C–N with tert-alkyl or cyclic N) is 1. The van der Waals surface area contributed by atoms with E-state index in [0.717, 1.165) is 65.5 Å². The summed E-state index contributed by atoms with van der Waals surface area (Å²) < 4.78 is 5.94. The van der Waals surface area contributed by atoms with Crippen LogP contribution in [0.4, 0.5) is 0 Å². The molecule has 0 bridgehead atoms. The summed E-state index contributed by atoms with van der Waals surface area (Å²) in [7, 11) is 2.01. The van der Waals surface area contributed by atoms with Gasteiger partial charge in [-0.2, -0.15) is 0 Å². The van der Waals surface area contributed by atoms with Gasteiger partial charge in [-0.1, -0.05) is 0 Å². The molecule has 6 nitrogen and oxygen atoms in total. The van der Waals surface area contributed by atoms with Gasteiger partial charge >= 0.3 is 0 Å². The van der Waals surface area contributed by atoms with Gasteiger partial charge in [0.25, 0.3) is 0 Å². The Morgan fingerprint density at radius 2 is 1.81 bits per heavy atom. The SMILES string of the molecule is CNCCCN1CCOC(CN2CCN(CCO)CC2)C1. The second kappa shape index (κ2) is 9.71. The summed E-state index contributed by atoms with van der Waals surface area (Å²) in [5.41, 5.74) is 0. The first-order chi connectivity index (χ1) is 10.3. The highest BCUT2D eigenvalue weighted by Gasteiger charge is 2.24. The molecule has 21 heavy (non-hydrogen) atoms. The molecule has 6 heteroatoms. The number of rotatable bonds is 8. The Kier molecular flexibility index (Phi) is 7.92. The number of hydrogen-bond acceptors (Lipinski definition) is 6. The minimum atomic E-state index is 0.271. The largest absolute Gasteiger partial charge is 0.395 e. The van der Waals surface area contributed by atoms with Gasteiger partial charge in [-0.3, -0.25) is 14.7 Å². The van der Waals surface area contributed by atoms with E-state index in [4.69, 9.17) is 9.84 Å². The smallest absolute Gasteiger partial charge is 0.0829 e. The molecule has 2 heterocycles. The van der Waals surface area contributed by atoms with Crippen LogP contribution >= 0.6 is 0 Å². The lowest BCUT2D eigenvalue weighted by Crippen LogP contribution is -2.53. The Morgan fingerprint density at radius 1 is 1.05 bits per heavy atom. The molecular weight excluding hydrogens is 268 g/mol. The van der Waals surface area contributed by atoms with E-state index in [-0.39, 0.29) is 6.61 Å². The first-order valence-corrected chi connectivity index (χ1v) is 8.36. The van der Waals surface area contributed by atoms with Crippen LogP contribution < -0.4 is 5.32 Å². The number of nitrogens with zero attached hydrogens (tertiary/aromatic N) is 3. The first-order valence-electron chi connectivity index (χ1n) is 8.36. The molecule has 1 unspecified atom stereocenters. The fraction of sp³-hybridized carbons (Fsp3) is 1.00. The Labute approximate surface area is 129 Å². The van der Waals surface area contributed by atoms with E-state index < -0.39 is 0 Å². The van der Waals surface area contributed by atoms with Gasteiger partial charge in [0.1, 0.15) is 0 Å². The lowest BCUT2D eigenvalue weighted by Gasteiger charge is -2.39. The molecule has 1 atom stereocenters. The lowest BCUT2D eigenvalue weighted by atomic mass is 10.2. The molecule has 2 fully saturated rings. The first kappa shape index (κ1) is 17.1. The van der Waals surface area contributed by atoms with Gasteiger partial charge in [0.05, 0.1) is 19.3 Å². The van der Waals surface area contributed by atoms with Gasteiger partial charge in [0.2, 0.25) is 0 Å². The van der Waals surface area contributed by atoms with Crippen molar-refractivity contribution < 1.29 is 9.84 Å². The summed E-state index contributed by atoms with van der Waals surface area (Å²) in [6.45, 7) is 11.7. The highest BCUT2D eigenvalue weighted by molar-refractivity contribution is 4.78. The third-order valence-electron chi connectivity index (χ3n) is 4.47. The molecule has 0 aromatic heterocycles. The molecule has 0 saturated carbocycles. The summed E-state index contributed by atoms with van der Waals surface area (Å²) in [6, 6.07) is 0. The van der Waals surface area contributed by atoms with Gasteiger partial charge < -0.3 is 15.2 Å². The zero-order chi connectivity index (χ0) is 14.9. The van der Waals surface area contributed by atoms with Crippen molar-refractivity contribution in [2.45, 2.75) is 12.5 Å². The van der Waals surface area contributed by atoms with Crippen molar-refractivity contribution in [3.05, 3.63) is 0 Å². The van der Waals surface area contributed by atoms with E-state index in [0.29, 0.717) is 6.10 Å². The van der Waals surface area contributed by atoms with Crippen LogP contribution in [0.25, 0.3) is 0 Å². The predicted octanol–water partition coefficient (Wildman–Crippen LogP) is -1.09. The van der Waals surface area contributed by atoms with E-state index in [1.807, 2.05) is 7.05 Å². The summed E-state index contributed by atoms with van der Waals surface area (Å²) in [6.07, 6.45) is 1.57. The van der Waals surface area contributed by atoms with Gasteiger partial charge in [-0.05, 0) is 26.6 Å². The van der Waals surface area contributed by atoms with Crippen molar-refractivity contribution in [3.63, 3.8) is 0 Å². The van der Waals surface area contributed by atoms with E-state index >= 15 is 0 Å². The molecule has 2 saturated heterocycles. The highest BCUT2D eigenvalue weighted by Crippen LogP contribution is 2.09. The quantitative estimate of drug-likeness (QED) is 0.556. The third-order valence-corrected chi connectivity index (χ3v) is 4.47. The maximum absolute atomic E-state index is 8.98. The number of nitrogens with one attached hydrogen (secondary N) is 1. The second-order valence-electron chi connectivity index (χ2n) is 6.12. The molecular formula is C15H32N4O2. The van der Waals surface area contributed by atoms with Gasteiger partial charge in [-0.25, -0.2) is 0 Å². The Bertz CT molecular complexity index is 272. The number of ether oxygens (including phenoxy) is 1. The molecule has 2 aliphatic rings. The Balaban J connectivity index is 1.63. The van der Waals surface area contributed by atoms with Crippen LogP contribution in [0.1, 0.15) is 6.42 Å².